The number of nitrogens with one attached hydrogen (secondary N) is 1. The van der Waals surface area contributed by atoms with Gasteiger partial charge in [-0.05, 0) is 13.1 Å². The van der Waals surface area contributed by atoms with Crippen molar-refractivity contribution in [3.8, 4) is 5.75 Å². The molecule has 0 aliphatic carbocycles. The summed E-state index contributed by atoms with van der Waals surface area (Å²) in [5.41, 5.74) is -0.197. The van der Waals surface area contributed by atoms with Crippen molar-refractivity contribution < 1.29 is 31.1 Å². The molecule has 0 saturated heterocycles. The molecule has 0 aliphatic heterocycles. The molecule has 0 amide bonds. The van der Waals surface area contributed by atoms with Gasteiger partial charge in [0.2, 0.25) is 0 Å². The minimum absolute atomic E-state index is 0.0367. The van der Waals surface area contributed by atoms with Gasteiger partial charge in [-0.25, -0.2) is 0 Å². The number of hydrogen-bond donors (Lipinski definition) is 1. The second-order valence-electron chi connectivity index (χ2n) is 4.07. The van der Waals surface area contributed by atoms with Crippen LogP contribution in [0.15, 0.2) is 24.3 Å². The maximum absolute atomic E-state index is 12.8. The molecule has 0 saturated carbocycles. The van der Waals surface area contributed by atoms with Crippen LogP contribution in [0.4, 0.5) is 26.3 Å². The van der Waals surface area contributed by atoms with Crippen molar-refractivity contribution in [2.45, 2.75) is 18.4 Å². The average molecular weight is 301 g/mol. The minimum atomic E-state index is -5.42. The van der Waals surface area contributed by atoms with Crippen molar-refractivity contribution in [1.82, 2.24) is 5.32 Å². The summed E-state index contributed by atoms with van der Waals surface area (Å²) in [6.07, 6.45) is -10.8. The van der Waals surface area contributed by atoms with Crippen molar-refractivity contribution in [2.75, 3.05) is 14.2 Å². The molecule has 2 nitrogen and oxygen atoms in total. The Morgan fingerprint density at radius 1 is 1.00 bits per heavy atom. The Balaban J connectivity index is 3.35. The topological polar surface area (TPSA) is 21.3 Å². The van der Waals surface area contributed by atoms with Gasteiger partial charge in [0, 0.05) is 5.56 Å². The van der Waals surface area contributed by atoms with E-state index in [2.05, 4.69) is 5.32 Å². The van der Waals surface area contributed by atoms with E-state index in [9.17, 15) is 26.3 Å². The Morgan fingerprint density at radius 3 is 1.90 bits per heavy atom. The van der Waals surface area contributed by atoms with Gasteiger partial charge in [-0.3, -0.25) is 0 Å². The van der Waals surface area contributed by atoms with Gasteiger partial charge in [0.25, 0.3) is 0 Å². The third kappa shape index (κ3) is 3.56. The third-order valence-corrected chi connectivity index (χ3v) is 2.82. The quantitative estimate of drug-likeness (QED) is 0.856. The lowest BCUT2D eigenvalue weighted by molar-refractivity contribution is -0.292. The van der Waals surface area contributed by atoms with Crippen LogP contribution in [0.3, 0.4) is 0 Å². The Morgan fingerprint density at radius 2 is 1.50 bits per heavy atom. The lowest BCUT2D eigenvalue weighted by Gasteiger charge is -2.31. The molecule has 1 unspecified atom stereocenters. The molecule has 1 atom stereocenters. The molecular weight excluding hydrogens is 288 g/mol. The molecule has 0 aromatic heterocycles. The Labute approximate surface area is 111 Å². The van der Waals surface area contributed by atoms with Crippen LogP contribution in [-0.4, -0.2) is 26.5 Å². The number of halogens is 6. The second kappa shape index (κ2) is 5.90. The third-order valence-electron chi connectivity index (χ3n) is 2.82. The van der Waals surface area contributed by atoms with E-state index in [-0.39, 0.29) is 11.3 Å². The van der Waals surface area contributed by atoms with Crippen LogP contribution in [0.5, 0.6) is 5.75 Å². The fraction of sp³-hybridized carbons (Fsp3) is 0.500. The molecule has 0 radical (unpaired) electrons. The normalized spacial score (nSPS) is 14.4. The summed E-state index contributed by atoms with van der Waals surface area (Å²) < 4.78 is 81.5. The number of rotatable bonds is 4. The predicted octanol–water partition coefficient (Wildman–Crippen LogP) is 3.70. The van der Waals surface area contributed by atoms with Crippen molar-refractivity contribution in [3.05, 3.63) is 29.8 Å². The molecule has 0 bridgehead atoms. The first-order chi connectivity index (χ1) is 9.12. The molecule has 114 valence electrons. The first-order valence-electron chi connectivity index (χ1n) is 5.56. The Hall–Kier alpha value is -1.44. The number of ether oxygens (including phenoxy) is 1. The highest BCUT2D eigenvalue weighted by atomic mass is 19.4. The van der Waals surface area contributed by atoms with Gasteiger partial charge in [0.1, 0.15) is 5.75 Å². The van der Waals surface area contributed by atoms with Crippen LogP contribution in [0.25, 0.3) is 0 Å². The first kappa shape index (κ1) is 16.6. The number of hydrogen-bond acceptors (Lipinski definition) is 2. The van der Waals surface area contributed by atoms with E-state index >= 15 is 0 Å². The van der Waals surface area contributed by atoms with E-state index in [4.69, 9.17) is 4.74 Å². The zero-order valence-electron chi connectivity index (χ0n) is 10.6. The Bertz CT molecular complexity index is 428. The highest BCUT2D eigenvalue weighted by molar-refractivity contribution is 5.36. The summed E-state index contributed by atoms with van der Waals surface area (Å²) >= 11 is 0. The van der Waals surface area contributed by atoms with Crippen molar-refractivity contribution in [1.29, 1.82) is 0 Å². The van der Waals surface area contributed by atoms with Crippen molar-refractivity contribution in [3.63, 3.8) is 0 Å². The molecule has 0 aliphatic rings. The van der Waals surface area contributed by atoms with Gasteiger partial charge >= 0.3 is 12.4 Å². The van der Waals surface area contributed by atoms with E-state index in [0.29, 0.717) is 0 Å². The van der Waals surface area contributed by atoms with Gasteiger partial charge < -0.3 is 10.1 Å². The van der Waals surface area contributed by atoms with Gasteiger partial charge in [0.15, 0.2) is 5.92 Å². The van der Waals surface area contributed by atoms with E-state index in [0.717, 1.165) is 7.05 Å². The summed E-state index contributed by atoms with van der Waals surface area (Å²) in [7, 11) is 2.23. The monoisotopic (exact) mass is 301 g/mol. The summed E-state index contributed by atoms with van der Waals surface area (Å²) in [6.45, 7) is 0. The lowest BCUT2D eigenvalue weighted by Crippen LogP contribution is -2.45. The first-order valence-corrected chi connectivity index (χ1v) is 5.56. The molecule has 0 spiro atoms. The number of benzene rings is 1. The summed E-state index contributed by atoms with van der Waals surface area (Å²) in [4.78, 5) is 0. The van der Waals surface area contributed by atoms with Crippen molar-refractivity contribution >= 4 is 0 Å². The summed E-state index contributed by atoms with van der Waals surface area (Å²) in [5.74, 6) is -3.55. The minimum Gasteiger partial charge on any atom is -0.496 e. The smallest absolute Gasteiger partial charge is 0.402 e. The predicted molar refractivity (Wildman–Crippen MR) is 60.4 cm³/mol. The Kier molecular flexibility index (Phi) is 4.90. The average Bonchev–Trinajstić information content (AvgIpc) is 2.32. The fourth-order valence-corrected chi connectivity index (χ4v) is 1.99. The van der Waals surface area contributed by atoms with Crippen molar-refractivity contribution in [2.24, 2.45) is 5.92 Å². The molecule has 1 aromatic rings. The van der Waals surface area contributed by atoms with Crippen LogP contribution in [0.2, 0.25) is 0 Å². The second-order valence-corrected chi connectivity index (χ2v) is 4.07. The standard InChI is InChI=1S/C12H13F6NO/c1-19-9(7-5-3-4-6-8(7)20-2)10(11(13,14)15)12(16,17)18/h3-6,9-10,19H,1-2H3. The van der Waals surface area contributed by atoms with Crippen LogP contribution in [-0.2, 0) is 0 Å². The maximum atomic E-state index is 12.8. The maximum Gasteiger partial charge on any atom is 0.402 e. The highest BCUT2D eigenvalue weighted by Crippen LogP contribution is 2.47. The van der Waals surface area contributed by atoms with Gasteiger partial charge in [0.05, 0.1) is 13.2 Å². The van der Waals surface area contributed by atoms with E-state index in [1.54, 1.807) is 0 Å². The van der Waals surface area contributed by atoms with Crippen LogP contribution in [0.1, 0.15) is 11.6 Å². The molecule has 8 heteroatoms. The van der Waals surface area contributed by atoms with Crippen LogP contribution >= 0.6 is 0 Å². The molecule has 0 fully saturated rings. The summed E-state index contributed by atoms with van der Waals surface area (Å²) in [6, 6.07) is 3.32. The van der Waals surface area contributed by atoms with E-state index < -0.39 is 24.3 Å². The van der Waals surface area contributed by atoms with Gasteiger partial charge in [-0.15, -0.1) is 0 Å². The van der Waals surface area contributed by atoms with E-state index in [1.165, 1.54) is 31.4 Å². The number of para-hydroxylation sites is 1. The SMILES string of the molecule is CNC(c1ccccc1OC)C(C(F)(F)F)C(F)(F)F. The number of alkyl halides is 6. The van der Waals surface area contributed by atoms with Crippen LogP contribution < -0.4 is 10.1 Å². The van der Waals surface area contributed by atoms with Gasteiger partial charge in [-0.2, -0.15) is 26.3 Å². The summed E-state index contributed by atoms with van der Waals surface area (Å²) in [5, 5.41) is 2.09. The van der Waals surface area contributed by atoms with Gasteiger partial charge in [-0.1, -0.05) is 18.2 Å². The molecule has 1 aromatic carbocycles. The molecule has 1 N–H and O–H groups in total. The van der Waals surface area contributed by atoms with Crippen LogP contribution in [0, 0.1) is 5.92 Å². The fourth-order valence-electron chi connectivity index (χ4n) is 1.99. The molecule has 1 rings (SSSR count). The molecular formula is C12H13F6NO. The lowest BCUT2D eigenvalue weighted by atomic mass is 9.91. The number of methoxy groups -OCH3 is 1. The molecule has 20 heavy (non-hydrogen) atoms. The largest absolute Gasteiger partial charge is 0.496 e. The molecule has 0 heterocycles. The highest BCUT2D eigenvalue weighted by Gasteiger charge is 2.60. The zero-order valence-corrected chi connectivity index (χ0v) is 10.6. The van der Waals surface area contributed by atoms with E-state index in [1.807, 2.05) is 0 Å². The zero-order chi connectivity index (χ0) is 15.6.